The van der Waals surface area contributed by atoms with Crippen LogP contribution in [0.3, 0.4) is 0 Å². The van der Waals surface area contributed by atoms with Crippen LogP contribution in [0.5, 0.6) is 5.75 Å². The van der Waals surface area contributed by atoms with E-state index in [1.807, 2.05) is 49.4 Å². The first-order valence-electron chi connectivity index (χ1n) is 10.4. The SMILES string of the molecule is COC1NC(=O)C(Cc2ccc(OCCC3=C(C)OC(c4ccccc4)N3C)cc2)S1. The number of nitrogens with one attached hydrogen (secondary N) is 1. The molecule has 0 aromatic heterocycles. The van der Waals surface area contributed by atoms with Gasteiger partial charge in [-0.05, 0) is 31.0 Å². The fraction of sp³-hybridized carbons (Fsp3) is 0.375. The van der Waals surface area contributed by atoms with Crippen LogP contribution in [0.2, 0.25) is 0 Å². The van der Waals surface area contributed by atoms with Crippen LogP contribution in [0.15, 0.2) is 66.1 Å². The number of hydrogen-bond acceptors (Lipinski definition) is 6. The lowest BCUT2D eigenvalue weighted by atomic mass is 10.1. The molecular weight excluding hydrogens is 412 g/mol. The van der Waals surface area contributed by atoms with Gasteiger partial charge in [0.15, 0.2) is 11.8 Å². The molecule has 2 aromatic carbocycles. The van der Waals surface area contributed by atoms with Gasteiger partial charge in [-0.2, -0.15) is 0 Å². The van der Waals surface area contributed by atoms with Crippen LogP contribution in [-0.4, -0.2) is 42.4 Å². The Balaban J connectivity index is 1.27. The van der Waals surface area contributed by atoms with Crippen molar-refractivity contribution in [3.05, 3.63) is 77.2 Å². The predicted octanol–water partition coefficient (Wildman–Crippen LogP) is 4.05. The fourth-order valence-corrected chi connectivity index (χ4v) is 4.95. The van der Waals surface area contributed by atoms with Crippen molar-refractivity contribution in [2.24, 2.45) is 0 Å². The van der Waals surface area contributed by atoms with Crippen molar-refractivity contribution < 1.29 is 19.0 Å². The normalized spacial score (nSPS) is 23.1. The van der Waals surface area contributed by atoms with Gasteiger partial charge in [-0.15, -0.1) is 0 Å². The molecule has 0 radical (unpaired) electrons. The lowest BCUT2D eigenvalue weighted by molar-refractivity contribution is -0.121. The molecule has 1 amide bonds. The van der Waals surface area contributed by atoms with Crippen LogP contribution < -0.4 is 10.1 Å². The van der Waals surface area contributed by atoms with Gasteiger partial charge in [0.25, 0.3) is 0 Å². The summed E-state index contributed by atoms with van der Waals surface area (Å²) in [4.78, 5) is 14.2. The monoisotopic (exact) mass is 440 g/mol. The summed E-state index contributed by atoms with van der Waals surface area (Å²) in [6.45, 7) is 2.58. The highest BCUT2D eigenvalue weighted by molar-refractivity contribution is 8.01. The van der Waals surface area contributed by atoms with Gasteiger partial charge in [-0.1, -0.05) is 54.2 Å². The summed E-state index contributed by atoms with van der Waals surface area (Å²) < 4.78 is 17.2. The summed E-state index contributed by atoms with van der Waals surface area (Å²) >= 11 is 1.51. The summed E-state index contributed by atoms with van der Waals surface area (Å²) in [6, 6.07) is 18.2. The van der Waals surface area contributed by atoms with Crippen LogP contribution in [0.1, 0.15) is 30.7 Å². The van der Waals surface area contributed by atoms with Gasteiger partial charge in [0, 0.05) is 26.1 Å². The van der Waals surface area contributed by atoms with Crippen LogP contribution in [0, 0.1) is 0 Å². The minimum absolute atomic E-state index is 0.0255. The average Bonchev–Trinajstić information content (AvgIpc) is 3.29. The topological polar surface area (TPSA) is 60.0 Å². The van der Waals surface area contributed by atoms with Gasteiger partial charge < -0.3 is 24.4 Å². The first kappa shape index (κ1) is 21.6. The Labute approximate surface area is 187 Å². The molecule has 164 valence electrons. The van der Waals surface area contributed by atoms with Gasteiger partial charge in [0.05, 0.1) is 17.6 Å². The molecule has 1 N–H and O–H groups in total. The van der Waals surface area contributed by atoms with E-state index in [4.69, 9.17) is 14.2 Å². The van der Waals surface area contributed by atoms with Gasteiger partial charge in [0.1, 0.15) is 11.5 Å². The van der Waals surface area contributed by atoms with E-state index in [0.29, 0.717) is 13.0 Å². The molecule has 31 heavy (non-hydrogen) atoms. The molecule has 0 aliphatic carbocycles. The second-order valence-electron chi connectivity index (χ2n) is 7.64. The Morgan fingerprint density at radius 1 is 1.13 bits per heavy atom. The molecule has 2 heterocycles. The smallest absolute Gasteiger partial charge is 0.236 e. The number of hydrogen-bond donors (Lipinski definition) is 1. The van der Waals surface area contributed by atoms with Gasteiger partial charge >= 0.3 is 0 Å². The van der Waals surface area contributed by atoms with E-state index >= 15 is 0 Å². The number of carbonyl (C=O) groups excluding carboxylic acids is 1. The fourth-order valence-electron chi connectivity index (χ4n) is 3.88. The second-order valence-corrected chi connectivity index (χ2v) is 8.91. The van der Waals surface area contributed by atoms with E-state index < -0.39 is 0 Å². The third-order valence-corrected chi connectivity index (χ3v) is 6.83. The molecule has 0 spiro atoms. The number of rotatable bonds is 8. The third kappa shape index (κ3) is 4.99. The Kier molecular flexibility index (Phi) is 6.73. The Morgan fingerprint density at radius 3 is 2.55 bits per heavy atom. The van der Waals surface area contributed by atoms with Crippen LogP contribution >= 0.6 is 11.8 Å². The van der Waals surface area contributed by atoms with Crippen molar-refractivity contribution >= 4 is 17.7 Å². The molecule has 0 saturated carbocycles. The number of thioether (sulfide) groups is 1. The number of methoxy groups -OCH3 is 1. The van der Waals surface area contributed by atoms with Crippen molar-refractivity contribution in [1.82, 2.24) is 10.2 Å². The highest BCUT2D eigenvalue weighted by atomic mass is 32.2. The molecule has 0 bridgehead atoms. The minimum Gasteiger partial charge on any atom is -0.493 e. The Hall–Kier alpha value is -2.64. The Bertz CT molecular complexity index is 932. The van der Waals surface area contributed by atoms with Crippen LogP contribution in [-0.2, 0) is 20.7 Å². The lowest BCUT2D eigenvalue weighted by Gasteiger charge is -2.23. The molecule has 1 fully saturated rings. The molecule has 2 aliphatic heterocycles. The summed E-state index contributed by atoms with van der Waals surface area (Å²) in [6.07, 6.45) is 1.36. The second kappa shape index (κ2) is 9.66. The van der Waals surface area contributed by atoms with Crippen molar-refractivity contribution in [1.29, 1.82) is 0 Å². The summed E-state index contributed by atoms with van der Waals surface area (Å²) in [5, 5.41) is 2.70. The standard InChI is InChI=1S/C24H28N2O4S/c1-16-20(26(2)23(30-16)18-7-5-4-6-8-18)13-14-29-19-11-9-17(10-12-19)15-21-22(27)25-24(28-3)31-21/h4-12,21,23-24H,13-15H2,1-3H3,(H,25,27). The zero-order valence-electron chi connectivity index (χ0n) is 18.0. The highest BCUT2D eigenvalue weighted by Gasteiger charge is 2.32. The predicted molar refractivity (Wildman–Crippen MR) is 121 cm³/mol. The van der Waals surface area contributed by atoms with Crippen molar-refractivity contribution in [2.45, 2.75) is 36.8 Å². The maximum Gasteiger partial charge on any atom is 0.236 e. The molecule has 2 aromatic rings. The van der Waals surface area contributed by atoms with E-state index in [-0.39, 0.29) is 22.9 Å². The minimum atomic E-state index is -0.253. The van der Waals surface area contributed by atoms with Crippen molar-refractivity contribution in [3.8, 4) is 5.75 Å². The molecular formula is C24H28N2O4S. The number of nitrogens with zero attached hydrogens (tertiary/aromatic N) is 1. The molecule has 6 nitrogen and oxygen atoms in total. The van der Waals surface area contributed by atoms with Crippen molar-refractivity contribution in [3.63, 3.8) is 0 Å². The molecule has 4 rings (SSSR count). The highest BCUT2D eigenvalue weighted by Crippen LogP contribution is 2.36. The number of allylic oxidation sites excluding steroid dienone is 1. The zero-order valence-corrected chi connectivity index (χ0v) is 18.9. The summed E-state index contributed by atoms with van der Waals surface area (Å²) in [5.41, 5.74) is 3.14. The summed E-state index contributed by atoms with van der Waals surface area (Å²) in [5.74, 6) is 1.79. The molecule has 3 atom stereocenters. The van der Waals surface area contributed by atoms with Gasteiger partial charge in [-0.3, -0.25) is 4.79 Å². The molecule has 2 aliphatic rings. The molecule has 3 unspecified atom stereocenters. The van der Waals surface area contributed by atoms with Crippen molar-refractivity contribution in [2.75, 3.05) is 20.8 Å². The first-order valence-corrected chi connectivity index (χ1v) is 11.3. The number of ether oxygens (including phenoxy) is 3. The molecule has 1 saturated heterocycles. The van der Waals surface area contributed by atoms with Gasteiger partial charge in [-0.25, -0.2) is 0 Å². The average molecular weight is 441 g/mol. The van der Waals surface area contributed by atoms with E-state index in [2.05, 4.69) is 29.4 Å². The Morgan fingerprint density at radius 2 is 1.87 bits per heavy atom. The van der Waals surface area contributed by atoms with Crippen LogP contribution in [0.4, 0.5) is 0 Å². The number of amides is 1. The number of benzene rings is 2. The van der Waals surface area contributed by atoms with Gasteiger partial charge in [0.2, 0.25) is 5.91 Å². The number of carbonyl (C=O) groups is 1. The van der Waals surface area contributed by atoms with E-state index in [9.17, 15) is 4.79 Å². The quantitative estimate of drug-likeness (QED) is 0.668. The van der Waals surface area contributed by atoms with E-state index in [0.717, 1.165) is 34.8 Å². The lowest BCUT2D eigenvalue weighted by Crippen LogP contribution is -2.29. The van der Waals surface area contributed by atoms with Crippen LogP contribution in [0.25, 0.3) is 0 Å². The van der Waals surface area contributed by atoms with E-state index in [1.165, 1.54) is 11.8 Å². The maximum atomic E-state index is 12.0. The van der Waals surface area contributed by atoms with E-state index in [1.54, 1.807) is 7.11 Å². The maximum absolute atomic E-state index is 12.0. The zero-order chi connectivity index (χ0) is 21.8. The first-order chi connectivity index (χ1) is 15.0. The third-order valence-electron chi connectivity index (χ3n) is 5.56. The molecule has 7 heteroatoms. The summed E-state index contributed by atoms with van der Waals surface area (Å²) in [7, 11) is 3.66. The largest absolute Gasteiger partial charge is 0.493 e.